The number of aliphatic hydroxyl groups excluding tert-OH is 1. The minimum atomic E-state index is -0.418. The lowest BCUT2D eigenvalue weighted by atomic mass is 10.1. The van der Waals surface area contributed by atoms with Crippen molar-refractivity contribution in [2.75, 3.05) is 33.4 Å². The predicted octanol–water partition coefficient (Wildman–Crippen LogP) is 0.796. The van der Waals surface area contributed by atoms with E-state index < -0.39 is 4.92 Å². The molecule has 1 aromatic carbocycles. The fourth-order valence-corrected chi connectivity index (χ4v) is 2.28. The van der Waals surface area contributed by atoms with Crippen LogP contribution < -0.4 is 4.74 Å². The summed E-state index contributed by atoms with van der Waals surface area (Å²) in [6, 6.07) is 4.57. The highest BCUT2D eigenvalue weighted by Gasteiger charge is 2.21. The van der Waals surface area contributed by atoms with Crippen molar-refractivity contribution in [2.45, 2.75) is 12.6 Å². The van der Waals surface area contributed by atoms with Gasteiger partial charge in [0.25, 0.3) is 5.69 Å². The maximum atomic E-state index is 10.8. The second-order valence-corrected chi connectivity index (χ2v) is 4.66. The zero-order valence-corrected chi connectivity index (χ0v) is 11.3. The van der Waals surface area contributed by atoms with Gasteiger partial charge in [-0.1, -0.05) is 0 Å². The average Bonchev–Trinajstić information content (AvgIpc) is 2.47. The standard InChI is InChI=1S/C13H18N2O5/c1-19-13-3-2-11(15(17)18)6-10(13)7-14-4-5-20-12(8-14)9-16/h2-3,6,12,16H,4-5,7-9H2,1H3. The van der Waals surface area contributed by atoms with Crippen LogP contribution in [0.2, 0.25) is 0 Å². The van der Waals surface area contributed by atoms with Crippen molar-refractivity contribution in [3.05, 3.63) is 33.9 Å². The van der Waals surface area contributed by atoms with Crippen LogP contribution in [0.4, 0.5) is 5.69 Å². The fourth-order valence-electron chi connectivity index (χ4n) is 2.28. The van der Waals surface area contributed by atoms with E-state index in [1.165, 1.54) is 12.1 Å². The molecule has 110 valence electrons. The first kappa shape index (κ1) is 14.7. The number of methoxy groups -OCH3 is 1. The predicted molar refractivity (Wildman–Crippen MR) is 71.8 cm³/mol. The highest BCUT2D eigenvalue weighted by molar-refractivity contribution is 5.43. The second-order valence-electron chi connectivity index (χ2n) is 4.66. The van der Waals surface area contributed by atoms with Crippen LogP contribution >= 0.6 is 0 Å². The molecule has 1 fully saturated rings. The smallest absolute Gasteiger partial charge is 0.270 e. The van der Waals surface area contributed by atoms with Crippen LogP contribution in [0.3, 0.4) is 0 Å². The van der Waals surface area contributed by atoms with Crippen molar-refractivity contribution in [1.29, 1.82) is 0 Å². The summed E-state index contributed by atoms with van der Waals surface area (Å²) in [7, 11) is 1.54. The molecule has 1 aliphatic rings. The lowest BCUT2D eigenvalue weighted by Gasteiger charge is -2.32. The van der Waals surface area contributed by atoms with Gasteiger partial charge in [0, 0.05) is 37.3 Å². The number of hydrogen-bond donors (Lipinski definition) is 1. The van der Waals surface area contributed by atoms with Crippen molar-refractivity contribution in [3.8, 4) is 5.75 Å². The molecule has 0 spiro atoms. The number of ether oxygens (including phenoxy) is 2. The Balaban J connectivity index is 2.14. The molecule has 1 unspecified atom stereocenters. The summed E-state index contributed by atoms with van der Waals surface area (Å²) in [6.07, 6.45) is -0.201. The molecular weight excluding hydrogens is 264 g/mol. The van der Waals surface area contributed by atoms with E-state index in [1.54, 1.807) is 13.2 Å². The Morgan fingerprint density at radius 2 is 2.40 bits per heavy atom. The molecule has 2 rings (SSSR count). The number of aliphatic hydroxyl groups is 1. The topological polar surface area (TPSA) is 85.1 Å². The van der Waals surface area contributed by atoms with Gasteiger partial charge in [-0.3, -0.25) is 15.0 Å². The van der Waals surface area contributed by atoms with E-state index in [2.05, 4.69) is 4.90 Å². The molecule has 0 amide bonds. The van der Waals surface area contributed by atoms with Crippen molar-refractivity contribution >= 4 is 5.69 Å². The van der Waals surface area contributed by atoms with Crippen molar-refractivity contribution in [3.63, 3.8) is 0 Å². The molecular formula is C13H18N2O5. The summed E-state index contributed by atoms with van der Waals surface area (Å²) in [5, 5.41) is 20.0. The van der Waals surface area contributed by atoms with Crippen LogP contribution in [0.1, 0.15) is 5.56 Å². The number of morpholine rings is 1. The van der Waals surface area contributed by atoms with E-state index in [9.17, 15) is 10.1 Å². The molecule has 1 aromatic rings. The molecule has 0 aliphatic carbocycles. The molecule has 7 nitrogen and oxygen atoms in total. The minimum absolute atomic E-state index is 0.0252. The maximum Gasteiger partial charge on any atom is 0.270 e. The third-order valence-corrected chi connectivity index (χ3v) is 3.30. The quantitative estimate of drug-likeness (QED) is 0.635. The zero-order chi connectivity index (χ0) is 14.5. The molecule has 0 radical (unpaired) electrons. The first-order valence-corrected chi connectivity index (χ1v) is 6.40. The number of nitro benzene ring substituents is 1. The number of nitro groups is 1. The van der Waals surface area contributed by atoms with E-state index in [0.29, 0.717) is 25.4 Å². The number of non-ortho nitro benzene ring substituents is 1. The van der Waals surface area contributed by atoms with Crippen LogP contribution in [0.15, 0.2) is 18.2 Å². The summed E-state index contributed by atoms with van der Waals surface area (Å²) >= 11 is 0. The van der Waals surface area contributed by atoms with Crippen LogP contribution in [-0.4, -0.2) is 54.4 Å². The normalized spacial score (nSPS) is 19.8. The molecule has 7 heteroatoms. The highest BCUT2D eigenvalue weighted by atomic mass is 16.6. The SMILES string of the molecule is COc1ccc([N+](=O)[O-])cc1CN1CCOC(CO)C1. The fraction of sp³-hybridized carbons (Fsp3) is 0.538. The summed E-state index contributed by atoms with van der Waals surface area (Å²) < 4.78 is 10.6. The number of rotatable bonds is 5. The van der Waals surface area contributed by atoms with Gasteiger partial charge < -0.3 is 14.6 Å². The first-order chi connectivity index (χ1) is 9.63. The molecule has 1 N–H and O–H groups in total. The summed E-state index contributed by atoms with van der Waals surface area (Å²) in [6.45, 7) is 2.38. The Morgan fingerprint density at radius 1 is 1.60 bits per heavy atom. The number of hydrogen-bond acceptors (Lipinski definition) is 6. The van der Waals surface area contributed by atoms with Gasteiger partial charge in [0.05, 0.1) is 31.4 Å². The minimum Gasteiger partial charge on any atom is -0.496 e. The Hall–Kier alpha value is -1.70. The van der Waals surface area contributed by atoms with E-state index in [4.69, 9.17) is 14.6 Å². The Labute approximate surface area is 116 Å². The van der Waals surface area contributed by atoms with Gasteiger partial charge in [0.15, 0.2) is 0 Å². The second kappa shape index (κ2) is 6.65. The van der Waals surface area contributed by atoms with Crippen LogP contribution in [0.5, 0.6) is 5.75 Å². The van der Waals surface area contributed by atoms with E-state index in [1.807, 2.05) is 0 Å². The lowest BCUT2D eigenvalue weighted by molar-refractivity contribution is -0.385. The third kappa shape index (κ3) is 3.44. The van der Waals surface area contributed by atoms with Gasteiger partial charge in [-0.15, -0.1) is 0 Å². The highest BCUT2D eigenvalue weighted by Crippen LogP contribution is 2.25. The first-order valence-electron chi connectivity index (χ1n) is 6.40. The maximum absolute atomic E-state index is 10.8. The van der Waals surface area contributed by atoms with Gasteiger partial charge in [0.1, 0.15) is 5.75 Å². The van der Waals surface area contributed by atoms with Crippen molar-refractivity contribution in [2.24, 2.45) is 0 Å². The number of benzene rings is 1. The van der Waals surface area contributed by atoms with Gasteiger partial charge in [-0.25, -0.2) is 0 Å². The average molecular weight is 282 g/mol. The van der Waals surface area contributed by atoms with Gasteiger partial charge >= 0.3 is 0 Å². The van der Waals surface area contributed by atoms with Crippen LogP contribution in [-0.2, 0) is 11.3 Å². The van der Waals surface area contributed by atoms with Gasteiger partial charge in [0.2, 0.25) is 0 Å². The Bertz CT molecular complexity index is 480. The monoisotopic (exact) mass is 282 g/mol. The summed E-state index contributed by atoms with van der Waals surface area (Å²) in [4.78, 5) is 12.5. The Kier molecular flexibility index (Phi) is 4.89. The molecule has 20 heavy (non-hydrogen) atoms. The molecule has 1 saturated heterocycles. The molecule has 0 saturated carbocycles. The van der Waals surface area contributed by atoms with Gasteiger partial charge in [-0.2, -0.15) is 0 Å². The molecule has 0 bridgehead atoms. The zero-order valence-electron chi connectivity index (χ0n) is 11.3. The molecule has 1 aliphatic heterocycles. The van der Waals surface area contributed by atoms with E-state index >= 15 is 0 Å². The molecule has 0 aromatic heterocycles. The van der Waals surface area contributed by atoms with Crippen molar-refractivity contribution < 1.29 is 19.5 Å². The summed E-state index contributed by atoms with van der Waals surface area (Å²) in [5.41, 5.74) is 0.813. The van der Waals surface area contributed by atoms with E-state index in [0.717, 1.165) is 12.1 Å². The summed E-state index contributed by atoms with van der Waals surface area (Å²) in [5.74, 6) is 0.627. The molecule has 1 atom stereocenters. The molecule has 1 heterocycles. The number of nitrogens with zero attached hydrogens (tertiary/aromatic N) is 2. The van der Waals surface area contributed by atoms with Crippen LogP contribution in [0.25, 0.3) is 0 Å². The largest absolute Gasteiger partial charge is 0.496 e. The third-order valence-electron chi connectivity index (χ3n) is 3.30. The van der Waals surface area contributed by atoms with Crippen molar-refractivity contribution in [1.82, 2.24) is 4.90 Å². The van der Waals surface area contributed by atoms with E-state index in [-0.39, 0.29) is 18.4 Å². The van der Waals surface area contributed by atoms with Gasteiger partial charge in [-0.05, 0) is 6.07 Å². The van der Waals surface area contributed by atoms with Crippen LogP contribution in [0, 0.1) is 10.1 Å². The Morgan fingerprint density at radius 3 is 3.05 bits per heavy atom. The lowest BCUT2D eigenvalue weighted by Crippen LogP contribution is -2.43.